The smallest absolute Gasteiger partial charge is 0.417 e. The monoisotopic (exact) mass is 393 g/mol. The molecule has 0 aliphatic rings. The first-order valence-corrected chi connectivity index (χ1v) is 8.56. The van der Waals surface area contributed by atoms with Gasteiger partial charge in [0.25, 0.3) is 5.56 Å². The highest BCUT2D eigenvalue weighted by molar-refractivity contribution is 7.89. The zero-order valence-corrected chi connectivity index (χ0v) is 14.1. The van der Waals surface area contributed by atoms with Crippen molar-refractivity contribution in [3.8, 4) is 0 Å². The maximum atomic E-state index is 13.0. The van der Waals surface area contributed by atoms with E-state index in [9.17, 15) is 36.3 Å². The van der Waals surface area contributed by atoms with Crippen LogP contribution in [0.2, 0.25) is 0 Å². The van der Waals surface area contributed by atoms with Gasteiger partial charge in [0.15, 0.2) is 0 Å². The number of sulfonamides is 1. The van der Waals surface area contributed by atoms with Crippen LogP contribution in [0.5, 0.6) is 0 Å². The SMILES string of the molecule is Cn1[nH]cc(C[C@@H](NS(=O)(=O)c2ccccc2C(F)(F)F)C(=O)O)c1=O. The molecule has 0 spiro atoms. The maximum absolute atomic E-state index is 13.0. The normalized spacial score (nSPS) is 13.5. The molecule has 0 radical (unpaired) electrons. The van der Waals surface area contributed by atoms with Crippen molar-refractivity contribution in [1.29, 1.82) is 0 Å². The fourth-order valence-electron chi connectivity index (χ4n) is 2.24. The van der Waals surface area contributed by atoms with Gasteiger partial charge in [-0.2, -0.15) is 17.9 Å². The second-order valence-corrected chi connectivity index (χ2v) is 7.06. The van der Waals surface area contributed by atoms with Crippen LogP contribution in [-0.2, 0) is 34.5 Å². The zero-order valence-electron chi connectivity index (χ0n) is 13.2. The topological polar surface area (TPSA) is 121 Å². The highest BCUT2D eigenvalue weighted by Gasteiger charge is 2.38. The number of nitrogens with one attached hydrogen (secondary N) is 2. The lowest BCUT2D eigenvalue weighted by Gasteiger charge is -2.17. The van der Waals surface area contributed by atoms with Crippen molar-refractivity contribution >= 4 is 16.0 Å². The van der Waals surface area contributed by atoms with E-state index in [0.717, 1.165) is 22.9 Å². The van der Waals surface area contributed by atoms with Gasteiger partial charge in [-0.3, -0.25) is 14.3 Å². The first-order chi connectivity index (χ1) is 11.9. The molecule has 26 heavy (non-hydrogen) atoms. The van der Waals surface area contributed by atoms with Crippen LogP contribution in [0.4, 0.5) is 13.2 Å². The number of aromatic nitrogens is 2. The van der Waals surface area contributed by atoms with E-state index < -0.39 is 50.6 Å². The molecule has 2 rings (SSSR count). The largest absolute Gasteiger partial charge is 0.480 e. The average Bonchev–Trinajstić information content (AvgIpc) is 2.85. The second kappa shape index (κ2) is 6.96. The Morgan fingerprint density at radius 2 is 1.96 bits per heavy atom. The Morgan fingerprint density at radius 1 is 1.35 bits per heavy atom. The molecule has 142 valence electrons. The third kappa shape index (κ3) is 4.14. The van der Waals surface area contributed by atoms with Gasteiger partial charge in [-0.05, 0) is 12.1 Å². The molecule has 3 N–H and O–H groups in total. The Balaban J connectivity index is 2.38. The summed E-state index contributed by atoms with van der Waals surface area (Å²) >= 11 is 0. The number of rotatable bonds is 6. The van der Waals surface area contributed by atoms with Crippen molar-refractivity contribution in [3.05, 3.63) is 51.9 Å². The van der Waals surface area contributed by atoms with Gasteiger partial charge in [-0.1, -0.05) is 12.1 Å². The van der Waals surface area contributed by atoms with Gasteiger partial charge < -0.3 is 10.2 Å². The van der Waals surface area contributed by atoms with Gasteiger partial charge in [0.05, 0.1) is 10.5 Å². The van der Waals surface area contributed by atoms with E-state index in [1.165, 1.54) is 13.2 Å². The molecule has 0 amide bonds. The molecule has 12 heteroatoms. The van der Waals surface area contributed by atoms with Crippen molar-refractivity contribution in [3.63, 3.8) is 0 Å². The van der Waals surface area contributed by atoms with Crippen molar-refractivity contribution < 1.29 is 31.5 Å². The summed E-state index contributed by atoms with van der Waals surface area (Å²) in [5, 5.41) is 11.7. The number of carboxylic acid groups (broad SMARTS) is 1. The summed E-state index contributed by atoms with van der Waals surface area (Å²) in [7, 11) is -3.45. The molecular weight excluding hydrogens is 379 g/mol. The number of carboxylic acids is 1. The Kier molecular flexibility index (Phi) is 5.28. The highest BCUT2D eigenvalue weighted by Crippen LogP contribution is 2.33. The van der Waals surface area contributed by atoms with Crippen molar-refractivity contribution in [2.75, 3.05) is 0 Å². The first-order valence-electron chi connectivity index (χ1n) is 7.08. The van der Waals surface area contributed by atoms with Crippen LogP contribution >= 0.6 is 0 Å². The molecule has 0 aliphatic heterocycles. The van der Waals surface area contributed by atoms with E-state index >= 15 is 0 Å². The van der Waals surface area contributed by atoms with Crippen LogP contribution in [0.25, 0.3) is 0 Å². The third-order valence-electron chi connectivity index (χ3n) is 3.51. The fraction of sp³-hybridized carbons (Fsp3) is 0.286. The van der Waals surface area contributed by atoms with E-state index in [1.54, 1.807) is 4.72 Å². The number of alkyl halides is 3. The number of nitrogens with zero attached hydrogens (tertiary/aromatic N) is 1. The standard InChI is InChI=1S/C14H14F3N3O5S/c1-20-12(21)8(7-18-20)6-10(13(22)23)19-26(24,25)11-5-3-2-4-9(11)14(15,16)17/h2-5,7,10,18-19H,6H2,1H3,(H,22,23)/t10-/m1/s1. The number of H-pyrrole nitrogens is 1. The summed E-state index contributed by atoms with van der Waals surface area (Å²) in [6, 6.07) is 1.57. The van der Waals surface area contributed by atoms with Crippen LogP contribution in [0.15, 0.2) is 40.2 Å². The van der Waals surface area contributed by atoms with Crippen molar-refractivity contribution in [1.82, 2.24) is 14.5 Å². The van der Waals surface area contributed by atoms with Gasteiger partial charge in [0.2, 0.25) is 10.0 Å². The summed E-state index contributed by atoms with van der Waals surface area (Å²) in [5.74, 6) is -1.64. The Bertz CT molecular complexity index is 978. The number of carbonyl (C=O) groups is 1. The maximum Gasteiger partial charge on any atom is 0.417 e. The molecule has 0 saturated heterocycles. The molecule has 2 aromatic rings. The quantitative estimate of drug-likeness (QED) is 0.667. The molecule has 1 atom stereocenters. The molecular formula is C14H14F3N3O5S. The molecule has 0 fully saturated rings. The van der Waals surface area contributed by atoms with E-state index in [0.29, 0.717) is 6.07 Å². The van der Waals surface area contributed by atoms with Crippen LogP contribution in [-0.4, -0.2) is 35.3 Å². The van der Waals surface area contributed by atoms with Crippen LogP contribution in [0, 0.1) is 0 Å². The summed E-state index contributed by atoms with van der Waals surface area (Å²) < 4.78 is 66.5. The van der Waals surface area contributed by atoms with Gasteiger partial charge in [0.1, 0.15) is 6.04 Å². The molecule has 0 saturated carbocycles. The van der Waals surface area contributed by atoms with E-state index in [-0.39, 0.29) is 5.56 Å². The average molecular weight is 393 g/mol. The molecule has 1 aromatic carbocycles. The number of aromatic amines is 1. The first kappa shape index (κ1) is 19.7. The Morgan fingerprint density at radius 3 is 2.46 bits per heavy atom. The molecule has 1 heterocycles. The van der Waals surface area contributed by atoms with E-state index in [2.05, 4.69) is 5.10 Å². The van der Waals surface area contributed by atoms with E-state index in [1.807, 2.05) is 0 Å². The van der Waals surface area contributed by atoms with Crippen LogP contribution in [0.1, 0.15) is 11.1 Å². The predicted octanol–water partition coefficient (Wildman–Crippen LogP) is 0.706. The molecule has 8 nitrogen and oxygen atoms in total. The zero-order chi connectivity index (χ0) is 19.7. The minimum Gasteiger partial charge on any atom is -0.480 e. The second-order valence-electron chi connectivity index (χ2n) is 5.37. The molecule has 0 bridgehead atoms. The number of aryl methyl sites for hydroxylation is 1. The van der Waals surface area contributed by atoms with Gasteiger partial charge in [-0.15, -0.1) is 0 Å². The van der Waals surface area contributed by atoms with Crippen LogP contribution < -0.4 is 10.3 Å². The highest BCUT2D eigenvalue weighted by atomic mass is 32.2. The van der Waals surface area contributed by atoms with Gasteiger partial charge >= 0.3 is 12.1 Å². The van der Waals surface area contributed by atoms with Crippen LogP contribution in [0.3, 0.4) is 0 Å². The predicted molar refractivity (Wildman–Crippen MR) is 82.9 cm³/mol. The lowest BCUT2D eigenvalue weighted by molar-refractivity contribution is -0.140. The third-order valence-corrected chi connectivity index (χ3v) is 5.04. The molecule has 0 unspecified atom stereocenters. The summed E-state index contributed by atoms with van der Waals surface area (Å²) in [4.78, 5) is 22.0. The Hall–Kier alpha value is -2.60. The number of hydrogen-bond donors (Lipinski definition) is 3. The van der Waals surface area contributed by atoms with Gasteiger partial charge in [0, 0.05) is 25.2 Å². The van der Waals surface area contributed by atoms with E-state index in [4.69, 9.17) is 0 Å². The van der Waals surface area contributed by atoms with Gasteiger partial charge in [-0.25, -0.2) is 8.42 Å². The molecule has 1 aromatic heterocycles. The number of benzene rings is 1. The molecule has 0 aliphatic carbocycles. The van der Waals surface area contributed by atoms with Crippen molar-refractivity contribution in [2.45, 2.75) is 23.5 Å². The summed E-state index contributed by atoms with van der Waals surface area (Å²) in [6.07, 6.45) is -4.30. The fourth-order valence-corrected chi connectivity index (χ4v) is 3.66. The number of aliphatic carboxylic acids is 1. The minimum absolute atomic E-state index is 0.0355. The lowest BCUT2D eigenvalue weighted by Crippen LogP contribution is -2.43. The van der Waals surface area contributed by atoms with Crippen molar-refractivity contribution in [2.24, 2.45) is 7.05 Å². The summed E-state index contributed by atoms with van der Waals surface area (Å²) in [6.45, 7) is 0. The lowest BCUT2D eigenvalue weighted by atomic mass is 10.1. The Labute approximate surface area is 145 Å². The summed E-state index contributed by atoms with van der Waals surface area (Å²) in [5.41, 5.74) is -2.04. The minimum atomic E-state index is -4.94. The number of hydrogen-bond acceptors (Lipinski definition) is 4. The number of halogens is 3.